The van der Waals surface area contributed by atoms with Crippen molar-refractivity contribution in [3.8, 4) is 5.95 Å². The van der Waals surface area contributed by atoms with E-state index in [1.165, 1.54) is 11.8 Å². The summed E-state index contributed by atoms with van der Waals surface area (Å²) in [4.78, 5) is 18.8. The van der Waals surface area contributed by atoms with Crippen molar-refractivity contribution >= 4 is 17.7 Å². The van der Waals surface area contributed by atoms with Crippen molar-refractivity contribution in [2.75, 3.05) is 5.75 Å². The lowest BCUT2D eigenvalue weighted by Crippen LogP contribution is -2.05. The Labute approximate surface area is 108 Å². The zero-order valence-electron chi connectivity index (χ0n) is 9.78. The third kappa shape index (κ3) is 2.86. The van der Waals surface area contributed by atoms with Gasteiger partial charge in [0.2, 0.25) is 0 Å². The molecule has 94 valence electrons. The molecule has 0 saturated heterocycles. The molecule has 0 atom stereocenters. The van der Waals surface area contributed by atoms with Crippen LogP contribution in [0.25, 0.3) is 5.95 Å². The van der Waals surface area contributed by atoms with Gasteiger partial charge in [0, 0.05) is 12.4 Å². The van der Waals surface area contributed by atoms with Crippen LogP contribution < -0.4 is 0 Å². The molecule has 0 aliphatic heterocycles. The molecular formula is C11H12N4O2S. The van der Waals surface area contributed by atoms with Crippen LogP contribution >= 0.6 is 11.8 Å². The second-order valence-corrected chi connectivity index (χ2v) is 4.47. The van der Waals surface area contributed by atoms with Crippen LogP contribution in [0.4, 0.5) is 0 Å². The number of aromatic nitrogens is 4. The maximum Gasteiger partial charge on any atom is 0.313 e. The number of aliphatic carboxylic acids is 1. The van der Waals surface area contributed by atoms with Crippen molar-refractivity contribution in [3.63, 3.8) is 0 Å². The Morgan fingerprint density at radius 2 is 2.17 bits per heavy atom. The van der Waals surface area contributed by atoms with Gasteiger partial charge in [0.1, 0.15) is 5.03 Å². The molecule has 0 aliphatic rings. The number of carboxylic acids is 1. The van der Waals surface area contributed by atoms with Gasteiger partial charge in [0.05, 0.1) is 11.4 Å². The van der Waals surface area contributed by atoms with Crippen molar-refractivity contribution in [2.45, 2.75) is 18.4 Å². The first-order valence-electron chi connectivity index (χ1n) is 5.41. The van der Waals surface area contributed by atoms with Crippen LogP contribution in [0.2, 0.25) is 0 Å². The maximum absolute atomic E-state index is 10.6. The molecule has 0 saturated carbocycles. The Balaban J connectivity index is 2.33. The van der Waals surface area contributed by atoms with Crippen LogP contribution in [0.15, 0.2) is 29.6 Å². The number of nitrogens with zero attached hydrogens (tertiary/aromatic N) is 4. The molecule has 18 heavy (non-hydrogen) atoms. The largest absolute Gasteiger partial charge is 0.481 e. The van der Waals surface area contributed by atoms with Gasteiger partial charge in [-0.05, 0) is 18.6 Å². The predicted octanol–water partition coefficient (Wildman–Crippen LogP) is 1.40. The third-order valence-electron chi connectivity index (χ3n) is 2.17. The molecular weight excluding hydrogens is 252 g/mol. The lowest BCUT2D eigenvalue weighted by Gasteiger charge is -2.02. The Kier molecular flexibility index (Phi) is 3.93. The van der Waals surface area contributed by atoms with Gasteiger partial charge in [0.25, 0.3) is 5.95 Å². The first-order valence-corrected chi connectivity index (χ1v) is 6.40. The summed E-state index contributed by atoms with van der Waals surface area (Å²) in [6, 6.07) is 3.59. The van der Waals surface area contributed by atoms with Crippen LogP contribution in [0.3, 0.4) is 0 Å². The first kappa shape index (κ1) is 12.6. The normalized spacial score (nSPS) is 10.5. The minimum Gasteiger partial charge on any atom is -0.481 e. The second-order valence-electron chi connectivity index (χ2n) is 3.47. The summed E-state index contributed by atoms with van der Waals surface area (Å²) in [6.45, 7) is 1.99. The van der Waals surface area contributed by atoms with Gasteiger partial charge in [-0.3, -0.25) is 4.79 Å². The standard InChI is InChI=1S/C11H12N4O2S/c1-2-8-6-9(18-7-10(16)17)15(14-8)11-12-4-3-5-13-11/h3-6H,2,7H2,1H3,(H,16,17). The third-order valence-corrected chi connectivity index (χ3v) is 3.15. The van der Waals surface area contributed by atoms with Crippen molar-refractivity contribution in [1.82, 2.24) is 19.7 Å². The highest BCUT2D eigenvalue weighted by Gasteiger charge is 2.12. The predicted molar refractivity (Wildman–Crippen MR) is 66.9 cm³/mol. The molecule has 2 heterocycles. The molecule has 0 spiro atoms. The van der Waals surface area contributed by atoms with Crippen molar-refractivity contribution in [3.05, 3.63) is 30.2 Å². The highest BCUT2D eigenvalue weighted by atomic mass is 32.2. The number of rotatable bonds is 5. The molecule has 2 aromatic rings. The van der Waals surface area contributed by atoms with Gasteiger partial charge in [0.15, 0.2) is 0 Å². The van der Waals surface area contributed by atoms with E-state index in [1.807, 2.05) is 13.0 Å². The SMILES string of the molecule is CCc1cc(SCC(=O)O)n(-c2ncccn2)n1. The number of hydrogen-bond donors (Lipinski definition) is 1. The lowest BCUT2D eigenvalue weighted by molar-refractivity contribution is -0.133. The average Bonchev–Trinajstić information content (AvgIpc) is 2.80. The van der Waals surface area contributed by atoms with Crippen LogP contribution in [-0.4, -0.2) is 36.6 Å². The Morgan fingerprint density at radius 3 is 2.78 bits per heavy atom. The van der Waals surface area contributed by atoms with E-state index in [0.717, 1.165) is 17.1 Å². The summed E-state index contributed by atoms with van der Waals surface area (Å²) in [5.74, 6) is -0.424. The van der Waals surface area contributed by atoms with Gasteiger partial charge in [-0.2, -0.15) is 9.78 Å². The molecule has 7 heteroatoms. The molecule has 0 fully saturated rings. The molecule has 1 N–H and O–H groups in total. The van der Waals surface area contributed by atoms with Gasteiger partial charge >= 0.3 is 5.97 Å². The zero-order chi connectivity index (χ0) is 13.0. The quantitative estimate of drug-likeness (QED) is 0.822. The minimum atomic E-state index is -0.861. The average molecular weight is 264 g/mol. The fourth-order valence-corrected chi connectivity index (χ4v) is 2.10. The van der Waals surface area contributed by atoms with E-state index in [9.17, 15) is 4.79 Å². The minimum absolute atomic E-state index is 0.0122. The number of aryl methyl sites for hydroxylation is 1. The van der Waals surface area contributed by atoms with E-state index in [4.69, 9.17) is 5.11 Å². The fraction of sp³-hybridized carbons (Fsp3) is 0.273. The highest BCUT2D eigenvalue weighted by Crippen LogP contribution is 2.21. The summed E-state index contributed by atoms with van der Waals surface area (Å²) in [7, 11) is 0. The van der Waals surface area contributed by atoms with E-state index in [1.54, 1.807) is 23.1 Å². The molecule has 2 aromatic heterocycles. The Hall–Kier alpha value is -1.89. The van der Waals surface area contributed by atoms with E-state index in [-0.39, 0.29) is 5.75 Å². The number of hydrogen-bond acceptors (Lipinski definition) is 5. The molecule has 0 amide bonds. The smallest absolute Gasteiger partial charge is 0.313 e. The summed E-state index contributed by atoms with van der Waals surface area (Å²) in [5.41, 5.74) is 0.885. The van der Waals surface area contributed by atoms with E-state index >= 15 is 0 Å². The maximum atomic E-state index is 10.6. The van der Waals surface area contributed by atoms with Gasteiger partial charge in [-0.1, -0.05) is 18.7 Å². The van der Waals surface area contributed by atoms with Crippen molar-refractivity contribution in [1.29, 1.82) is 0 Å². The number of thioether (sulfide) groups is 1. The van der Waals surface area contributed by atoms with E-state index in [0.29, 0.717) is 5.95 Å². The zero-order valence-corrected chi connectivity index (χ0v) is 10.6. The van der Waals surface area contributed by atoms with Crippen LogP contribution in [0.1, 0.15) is 12.6 Å². The highest BCUT2D eigenvalue weighted by molar-refractivity contribution is 7.99. The summed E-state index contributed by atoms with van der Waals surface area (Å²) in [5, 5.41) is 13.8. The van der Waals surface area contributed by atoms with Crippen LogP contribution in [-0.2, 0) is 11.2 Å². The summed E-state index contributed by atoms with van der Waals surface area (Å²) >= 11 is 1.21. The molecule has 6 nitrogen and oxygen atoms in total. The van der Waals surface area contributed by atoms with E-state index in [2.05, 4.69) is 15.1 Å². The monoisotopic (exact) mass is 264 g/mol. The number of carbonyl (C=O) groups is 1. The molecule has 0 bridgehead atoms. The van der Waals surface area contributed by atoms with Crippen LogP contribution in [0, 0.1) is 0 Å². The first-order chi connectivity index (χ1) is 8.70. The second kappa shape index (κ2) is 5.63. The summed E-state index contributed by atoms with van der Waals surface area (Å²) < 4.78 is 1.58. The molecule has 0 radical (unpaired) electrons. The topological polar surface area (TPSA) is 80.9 Å². The van der Waals surface area contributed by atoms with Crippen molar-refractivity contribution < 1.29 is 9.90 Å². The fourth-order valence-electron chi connectivity index (χ4n) is 1.37. The lowest BCUT2D eigenvalue weighted by atomic mass is 10.3. The van der Waals surface area contributed by atoms with Crippen molar-refractivity contribution in [2.24, 2.45) is 0 Å². The summed E-state index contributed by atoms with van der Waals surface area (Å²) in [6.07, 6.45) is 4.03. The Bertz CT molecular complexity index is 541. The molecule has 0 aromatic carbocycles. The molecule has 0 aliphatic carbocycles. The van der Waals surface area contributed by atoms with Gasteiger partial charge in [-0.15, -0.1) is 0 Å². The number of carboxylic acid groups (broad SMARTS) is 1. The van der Waals surface area contributed by atoms with Gasteiger partial charge in [-0.25, -0.2) is 9.97 Å². The molecule has 0 unspecified atom stereocenters. The molecule has 2 rings (SSSR count). The Morgan fingerprint density at radius 1 is 1.44 bits per heavy atom. The van der Waals surface area contributed by atoms with E-state index < -0.39 is 5.97 Å². The van der Waals surface area contributed by atoms with Gasteiger partial charge < -0.3 is 5.11 Å². The van der Waals surface area contributed by atoms with Crippen LogP contribution in [0.5, 0.6) is 0 Å².